The Labute approximate surface area is 164 Å². The molecule has 0 atom stereocenters. The molecule has 0 radical (unpaired) electrons. The summed E-state index contributed by atoms with van der Waals surface area (Å²) in [6, 6.07) is 23.3. The molecule has 5 rings (SSSR count). The zero-order valence-electron chi connectivity index (χ0n) is 13.9. The number of thiophene rings is 2. The van der Waals surface area contributed by atoms with Gasteiger partial charge in [0.25, 0.3) is 0 Å². The Morgan fingerprint density at radius 3 is 2.58 bits per heavy atom. The van der Waals surface area contributed by atoms with Crippen molar-refractivity contribution in [1.29, 1.82) is 0 Å². The number of thiocarbonyl (C=S) groups is 1. The van der Waals surface area contributed by atoms with Crippen LogP contribution in [0.4, 0.5) is 5.69 Å². The predicted octanol–water partition coefficient (Wildman–Crippen LogP) is 7.25. The minimum absolute atomic E-state index is 0.763. The van der Waals surface area contributed by atoms with Gasteiger partial charge < -0.3 is 5.32 Å². The van der Waals surface area contributed by atoms with Crippen molar-refractivity contribution in [3.8, 4) is 0 Å². The van der Waals surface area contributed by atoms with E-state index in [-0.39, 0.29) is 0 Å². The van der Waals surface area contributed by atoms with E-state index in [2.05, 4.69) is 77.4 Å². The highest BCUT2D eigenvalue weighted by Gasteiger charge is 2.13. The van der Waals surface area contributed by atoms with Gasteiger partial charge in [0.15, 0.2) is 0 Å². The molecular formula is C22H15NS3. The number of hydrogen-bond donors (Lipinski definition) is 1. The third-order valence-corrected chi connectivity index (χ3v) is 7.18. The molecule has 0 aliphatic carbocycles. The molecule has 0 bridgehead atoms. The number of rotatable bonds is 3. The minimum Gasteiger partial charge on any atom is -0.349 e. The summed E-state index contributed by atoms with van der Waals surface area (Å²) in [4.78, 5) is 0.858. The summed E-state index contributed by atoms with van der Waals surface area (Å²) in [5.74, 6) is 0. The summed E-state index contributed by atoms with van der Waals surface area (Å²) in [5, 5.41) is 10.9. The zero-order chi connectivity index (χ0) is 17.5. The molecular weight excluding hydrogens is 374 g/mol. The summed E-state index contributed by atoms with van der Waals surface area (Å²) in [7, 11) is 0. The first-order valence-corrected chi connectivity index (χ1v) is 10.6. The fraction of sp³-hybridized carbons (Fsp3) is 0.0455. The molecule has 4 heteroatoms. The van der Waals surface area contributed by atoms with Gasteiger partial charge in [-0.25, -0.2) is 0 Å². The van der Waals surface area contributed by atoms with Gasteiger partial charge in [-0.2, -0.15) is 0 Å². The van der Waals surface area contributed by atoms with Gasteiger partial charge in [0.05, 0.1) is 9.00 Å². The molecule has 1 N–H and O–H groups in total. The van der Waals surface area contributed by atoms with Crippen LogP contribution in [0.2, 0.25) is 0 Å². The second kappa shape index (κ2) is 6.47. The molecule has 2 heterocycles. The Hall–Kier alpha value is -2.27. The quantitative estimate of drug-likeness (QED) is 0.326. The van der Waals surface area contributed by atoms with Crippen molar-refractivity contribution in [2.45, 2.75) is 6.42 Å². The fourth-order valence-electron chi connectivity index (χ4n) is 3.43. The van der Waals surface area contributed by atoms with Crippen molar-refractivity contribution in [3.63, 3.8) is 0 Å². The van der Waals surface area contributed by atoms with Crippen LogP contribution < -0.4 is 5.32 Å². The average molecular weight is 390 g/mol. The molecule has 0 saturated heterocycles. The van der Waals surface area contributed by atoms with E-state index < -0.39 is 0 Å². The topological polar surface area (TPSA) is 12.0 Å². The smallest absolute Gasteiger partial charge is 0.0880 e. The Kier molecular flexibility index (Phi) is 3.97. The van der Waals surface area contributed by atoms with Crippen LogP contribution in [0.15, 0.2) is 72.1 Å². The van der Waals surface area contributed by atoms with Crippen LogP contribution in [0.3, 0.4) is 0 Å². The lowest BCUT2D eigenvalue weighted by Gasteiger charge is -2.10. The lowest BCUT2D eigenvalue weighted by Crippen LogP contribution is -2.12. The maximum atomic E-state index is 5.70. The third-order valence-electron chi connectivity index (χ3n) is 4.61. The number of hydrogen-bond acceptors (Lipinski definition) is 3. The maximum absolute atomic E-state index is 5.70. The lowest BCUT2D eigenvalue weighted by atomic mass is 10.1. The van der Waals surface area contributed by atoms with E-state index in [0.717, 1.165) is 17.1 Å². The first kappa shape index (κ1) is 15.9. The van der Waals surface area contributed by atoms with Gasteiger partial charge in [0.1, 0.15) is 0 Å². The third kappa shape index (κ3) is 2.71. The summed E-state index contributed by atoms with van der Waals surface area (Å²) in [5.41, 5.74) is 2.40. The molecule has 0 fully saturated rings. The average Bonchev–Trinajstić information content (AvgIpc) is 3.22. The van der Waals surface area contributed by atoms with Gasteiger partial charge in [-0.3, -0.25) is 0 Å². The molecule has 1 nitrogen and oxygen atoms in total. The Morgan fingerprint density at radius 1 is 0.885 bits per heavy atom. The number of anilines is 1. The zero-order valence-corrected chi connectivity index (χ0v) is 16.3. The van der Waals surface area contributed by atoms with Crippen LogP contribution in [-0.4, -0.2) is 4.99 Å². The summed E-state index contributed by atoms with van der Waals surface area (Å²) < 4.78 is 2.73. The van der Waals surface area contributed by atoms with E-state index in [0.29, 0.717) is 0 Å². The summed E-state index contributed by atoms with van der Waals surface area (Å²) in [6.07, 6.45) is 0.763. The molecule has 0 unspecified atom stereocenters. The van der Waals surface area contributed by atoms with Crippen LogP contribution in [0, 0.1) is 0 Å². The number of benzene rings is 3. The summed E-state index contributed by atoms with van der Waals surface area (Å²) in [6.45, 7) is 0. The number of fused-ring (bicyclic) bond motifs is 4. The van der Waals surface area contributed by atoms with Crippen LogP contribution in [0.25, 0.3) is 30.3 Å². The van der Waals surface area contributed by atoms with Gasteiger partial charge in [0.2, 0.25) is 0 Å². The molecule has 0 saturated carbocycles. The first-order chi connectivity index (χ1) is 12.8. The van der Waals surface area contributed by atoms with Crippen LogP contribution in [0.5, 0.6) is 0 Å². The van der Waals surface area contributed by atoms with Gasteiger partial charge in [0, 0.05) is 33.0 Å². The maximum Gasteiger partial charge on any atom is 0.0880 e. The normalized spacial score (nSPS) is 11.4. The largest absolute Gasteiger partial charge is 0.349 e. The van der Waals surface area contributed by atoms with Gasteiger partial charge >= 0.3 is 0 Å². The Morgan fingerprint density at radius 2 is 1.65 bits per heavy atom. The molecule has 26 heavy (non-hydrogen) atoms. The second-order valence-corrected chi connectivity index (χ2v) is 8.96. The Balaban J connectivity index is 1.48. The monoisotopic (exact) mass is 389 g/mol. The molecule has 2 aromatic heterocycles. The molecule has 3 aromatic carbocycles. The lowest BCUT2D eigenvalue weighted by molar-refractivity contribution is 1.41. The van der Waals surface area contributed by atoms with Crippen molar-refractivity contribution in [3.05, 3.63) is 77.7 Å². The van der Waals surface area contributed by atoms with E-state index in [1.165, 1.54) is 35.8 Å². The van der Waals surface area contributed by atoms with E-state index >= 15 is 0 Å². The number of nitrogens with one attached hydrogen (secondary N) is 1. The predicted molar refractivity (Wildman–Crippen MR) is 121 cm³/mol. The molecule has 5 aromatic rings. The Bertz CT molecular complexity index is 1260. The second-order valence-electron chi connectivity index (χ2n) is 6.27. The molecule has 0 spiro atoms. The van der Waals surface area contributed by atoms with Crippen molar-refractivity contribution in [2.24, 2.45) is 0 Å². The standard InChI is InChI=1S/C22H15NS3/c24-20(23-18-10-5-7-14-6-1-2-8-16(14)18)12-15-13-25-22-21(15)17-9-3-4-11-19(17)26-22/h1-11,13H,12H2,(H,23,24). The van der Waals surface area contributed by atoms with Crippen molar-refractivity contribution in [2.75, 3.05) is 5.32 Å². The van der Waals surface area contributed by atoms with Gasteiger partial charge in [-0.1, -0.05) is 66.8 Å². The van der Waals surface area contributed by atoms with E-state index in [1.807, 2.05) is 22.7 Å². The fourth-order valence-corrected chi connectivity index (χ4v) is 6.08. The van der Waals surface area contributed by atoms with Crippen molar-refractivity contribution in [1.82, 2.24) is 0 Å². The van der Waals surface area contributed by atoms with Crippen molar-refractivity contribution < 1.29 is 0 Å². The molecule has 0 aliphatic heterocycles. The molecule has 126 valence electrons. The SMILES string of the molecule is S=C(Cc1csc2sc3ccccc3c12)Nc1cccc2ccccc12. The first-order valence-electron chi connectivity index (χ1n) is 8.45. The van der Waals surface area contributed by atoms with Gasteiger partial charge in [-0.15, -0.1) is 22.7 Å². The highest BCUT2D eigenvalue weighted by Crippen LogP contribution is 2.40. The van der Waals surface area contributed by atoms with E-state index in [4.69, 9.17) is 12.2 Å². The van der Waals surface area contributed by atoms with E-state index in [1.54, 1.807) is 0 Å². The minimum atomic E-state index is 0.763. The highest BCUT2D eigenvalue weighted by molar-refractivity contribution is 7.80. The molecule has 0 aliphatic rings. The van der Waals surface area contributed by atoms with Crippen LogP contribution in [-0.2, 0) is 6.42 Å². The van der Waals surface area contributed by atoms with E-state index in [9.17, 15) is 0 Å². The highest BCUT2D eigenvalue weighted by atomic mass is 32.2. The van der Waals surface area contributed by atoms with Crippen LogP contribution >= 0.6 is 34.9 Å². The van der Waals surface area contributed by atoms with Crippen molar-refractivity contribution >= 4 is 75.8 Å². The molecule has 0 amide bonds. The van der Waals surface area contributed by atoms with Gasteiger partial charge in [-0.05, 0) is 28.5 Å². The van der Waals surface area contributed by atoms with Crippen LogP contribution in [0.1, 0.15) is 5.56 Å². The summed E-state index contributed by atoms with van der Waals surface area (Å²) >= 11 is 9.40.